The summed E-state index contributed by atoms with van der Waals surface area (Å²) < 4.78 is 5.97. The maximum absolute atomic E-state index is 12.8. The van der Waals surface area contributed by atoms with Crippen molar-refractivity contribution in [1.29, 1.82) is 0 Å². The fourth-order valence-corrected chi connectivity index (χ4v) is 6.10. The first kappa shape index (κ1) is 22.3. The van der Waals surface area contributed by atoms with Gasteiger partial charge < -0.3 is 14.6 Å². The van der Waals surface area contributed by atoms with Crippen LogP contribution in [0.1, 0.15) is 69.7 Å². The van der Waals surface area contributed by atoms with Crippen LogP contribution in [0.25, 0.3) is 0 Å². The first-order valence-electron chi connectivity index (χ1n) is 10.8. The van der Waals surface area contributed by atoms with E-state index in [1.165, 1.54) is 0 Å². The van der Waals surface area contributed by atoms with Gasteiger partial charge in [-0.1, -0.05) is 43.7 Å². The average Bonchev–Trinajstić information content (AvgIpc) is 2.67. The second-order valence-corrected chi connectivity index (χ2v) is 9.53. The summed E-state index contributed by atoms with van der Waals surface area (Å²) >= 11 is 0. The van der Waals surface area contributed by atoms with Gasteiger partial charge in [-0.3, -0.25) is 4.79 Å². The maximum atomic E-state index is 12.8. The Balaban J connectivity index is 1.99. The molecule has 5 atom stereocenters. The van der Waals surface area contributed by atoms with Crippen LogP contribution in [0.2, 0.25) is 0 Å². The van der Waals surface area contributed by atoms with Crippen LogP contribution in [0.15, 0.2) is 42.5 Å². The highest BCUT2D eigenvalue weighted by molar-refractivity contribution is 5.89. The molecule has 2 aliphatic carbocycles. The summed E-state index contributed by atoms with van der Waals surface area (Å²) in [6.07, 6.45) is 3.17. The Bertz CT molecular complexity index is 844. The number of carboxylic acids is 1. The number of esters is 1. The smallest absolute Gasteiger partial charge is 0.338 e. The van der Waals surface area contributed by atoms with Crippen molar-refractivity contribution in [3.63, 3.8) is 0 Å². The van der Waals surface area contributed by atoms with Gasteiger partial charge in [0, 0.05) is 18.8 Å². The highest BCUT2D eigenvalue weighted by Crippen LogP contribution is 2.62. The van der Waals surface area contributed by atoms with Crippen molar-refractivity contribution in [2.75, 3.05) is 0 Å². The van der Waals surface area contributed by atoms with E-state index in [4.69, 9.17) is 4.74 Å². The molecule has 0 spiro atoms. The van der Waals surface area contributed by atoms with Crippen LogP contribution in [0.3, 0.4) is 0 Å². The number of aliphatic carboxylic acids is 1. The number of fused-ring (bicyclic) bond motifs is 1. The number of carboxylic acid groups (broad SMARTS) is 1. The molecular formula is C25H32O5. The average molecular weight is 413 g/mol. The molecule has 1 unspecified atom stereocenters. The van der Waals surface area contributed by atoms with Gasteiger partial charge in [0.15, 0.2) is 0 Å². The zero-order valence-corrected chi connectivity index (χ0v) is 18.1. The topological polar surface area (TPSA) is 80.7 Å². The van der Waals surface area contributed by atoms with Gasteiger partial charge >= 0.3 is 11.9 Å². The van der Waals surface area contributed by atoms with E-state index in [2.05, 4.69) is 13.5 Å². The number of ketones is 1. The lowest BCUT2D eigenvalue weighted by Crippen LogP contribution is -2.59. The van der Waals surface area contributed by atoms with Gasteiger partial charge in [-0.15, -0.1) is 0 Å². The quantitative estimate of drug-likeness (QED) is 0.522. The first-order valence-corrected chi connectivity index (χ1v) is 10.8. The number of hydrogen-bond acceptors (Lipinski definition) is 4. The molecule has 5 nitrogen and oxygen atoms in total. The van der Waals surface area contributed by atoms with Crippen LogP contribution < -0.4 is 0 Å². The molecule has 0 radical (unpaired) electrons. The normalized spacial score (nSPS) is 33.4. The van der Waals surface area contributed by atoms with Gasteiger partial charge in [0.1, 0.15) is 11.9 Å². The molecular weight excluding hydrogens is 380 g/mol. The van der Waals surface area contributed by atoms with Crippen molar-refractivity contribution in [3.8, 4) is 0 Å². The zero-order chi connectivity index (χ0) is 22.1. The Morgan fingerprint density at radius 3 is 2.43 bits per heavy atom. The van der Waals surface area contributed by atoms with Gasteiger partial charge in [-0.05, 0) is 56.6 Å². The summed E-state index contributed by atoms with van der Waals surface area (Å²) in [7, 11) is 0. The molecule has 1 aromatic rings. The molecule has 30 heavy (non-hydrogen) atoms. The van der Waals surface area contributed by atoms with E-state index < -0.39 is 28.9 Å². The SMILES string of the molecule is C=C1C[C@@H](OC(=O)c2ccccc2)C2[C@](C)(C(=O)O)CCC[C@]2(C)[C@@H]1CCC(C)=O. The first-order chi connectivity index (χ1) is 14.1. The minimum atomic E-state index is -0.996. The molecule has 0 aromatic heterocycles. The van der Waals surface area contributed by atoms with E-state index in [0.717, 1.165) is 18.4 Å². The van der Waals surface area contributed by atoms with Gasteiger partial charge in [0.25, 0.3) is 0 Å². The molecule has 1 N–H and O–H groups in total. The van der Waals surface area contributed by atoms with Gasteiger partial charge in [-0.2, -0.15) is 0 Å². The van der Waals surface area contributed by atoms with E-state index in [9.17, 15) is 19.5 Å². The molecule has 2 aliphatic rings. The lowest BCUT2D eigenvalue weighted by Gasteiger charge is -2.59. The lowest BCUT2D eigenvalue weighted by molar-refractivity contribution is -0.177. The zero-order valence-electron chi connectivity index (χ0n) is 18.1. The van der Waals surface area contributed by atoms with Crippen molar-refractivity contribution in [2.24, 2.45) is 22.7 Å². The fraction of sp³-hybridized carbons (Fsp3) is 0.560. The Hall–Kier alpha value is -2.43. The van der Waals surface area contributed by atoms with E-state index in [1.807, 2.05) is 6.07 Å². The van der Waals surface area contributed by atoms with Crippen molar-refractivity contribution in [1.82, 2.24) is 0 Å². The maximum Gasteiger partial charge on any atom is 0.338 e. The molecule has 2 saturated carbocycles. The molecule has 3 rings (SSSR count). The molecule has 0 amide bonds. The number of Topliss-reactive ketones (excluding diaryl/α,β-unsaturated/α-hetero) is 1. The van der Waals surface area contributed by atoms with Crippen LogP contribution in [-0.2, 0) is 14.3 Å². The van der Waals surface area contributed by atoms with Crippen molar-refractivity contribution in [2.45, 2.75) is 65.4 Å². The number of rotatable bonds is 6. The third-order valence-corrected chi connectivity index (χ3v) is 7.47. The number of hydrogen-bond donors (Lipinski definition) is 1. The van der Waals surface area contributed by atoms with Crippen LogP contribution >= 0.6 is 0 Å². The summed E-state index contributed by atoms with van der Waals surface area (Å²) in [4.78, 5) is 36.9. The van der Waals surface area contributed by atoms with Crippen molar-refractivity contribution in [3.05, 3.63) is 48.0 Å². The summed E-state index contributed by atoms with van der Waals surface area (Å²) in [5, 5.41) is 10.2. The highest BCUT2D eigenvalue weighted by atomic mass is 16.5. The van der Waals surface area contributed by atoms with Crippen LogP contribution in [0.4, 0.5) is 0 Å². The molecule has 162 valence electrons. The van der Waals surface area contributed by atoms with Crippen LogP contribution in [-0.4, -0.2) is 28.9 Å². The van der Waals surface area contributed by atoms with Gasteiger partial charge in [-0.25, -0.2) is 4.79 Å². The monoisotopic (exact) mass is 412 g/mol. The Labute approximate surface area is 178 Å². The number of ether oxygens (including phenoxy) is 1. The minimum absolute atomic E-state index is 0.0389. The van der Waals surface area contributed by atoms with Crippen LogP contribution in [0.5, 0.6) is 0 Å². The fourth-order valence-electron chi connectivity index (χ4n) is 6.10. The van der Waals surface area contributed by atoms with Gasteiger partial charge in [0.2, 0.25) is 0 Å². The van der Waals surface area contributed by atoms with E-state index in [1.54, 1.807) is 38.1 Å². The predicted octanol–water partition coefficient (Wildman–Crippen LogP) is 5.05. The number of benzene rings is 1. The second kappa shape index (κ2) is 8.37. The largest absolute Gasteiger partial charge is 0.481 e. The van der Waals surface area contributed by atoms with E-state index in [-0.39, 0.29) is 17.6 Å². The Kier molecular flexibility index (Phi) is 6.21. The summed E-state index contributed by atoms with van der Waals surface area (Å²) in [6.45, 7) is 9.76. The molecule has 0 heterocycles. The summed E-state index contributed by atoms with van der Waals surface area (Å²) in [6, 6.07) is 8.79. The molecule has 0 bridgehead atoms. The van der Waals surface area contributed by atoms with Gasteiger partial charge in [0.05, 0.1) is 11.0 Å². The Morgan fingerprint density at radius 2 is 1.83 bits per heavy atom. The molecule has 1 aromatic carbocycles. The molecule has 2 fully saturated rings. The summed E-state index contributed by atoms with van der Waals surface area (Å²) in [5.41, 5.74) is 0.0218. The second-order valence-electron chi connectivity index (χ2n) is 9.53. The third-order valence-electron chi connectivity index (χ3n) is 7.47. The van der Waals surface area contributed by atoms with E-state index >= 15 is 0 Å². The third kappa shape index (κ3) is 3.94. The predicted molar refractivity (Wildman–Crippen MR) is 114 cm³/mol. The van der Waals surface area contributed by atoms with Crippen molar-refractivity contribution >= 4 is 17.7 Å². The number of carbonyl (C=O) groups is 3. The highest BCUT2D eigenvalue weighted by Gasteiger charge is 2.62. The standard InChI is InChI=1S/C25H32O5/c1-16-15-20(30-22(27)18-9-6-5-7-10-18)21-24(3,19(16)12-11-17(2)26)13-8-14-25(21,4)23(28)29/h5-7,9-10,19-21H,1,8,11-15H2,2-4H3,(H,28,29)/t19-,20-,21?,24-,25-/m1/s1. The lowest BCUT2D eigenvalue weighted by atomic mass is 9.45. The van der Waals surface area contributed by atoms with E-state index in [0.29, 0.717) is 31.2 Å². The Morgan fingerprint density at radius 1 is 1.17 bits per heavy atom. The molecule has 5 heteroatoms. The minimum Gasteiger partial charge on any atom is -0.481 e. The summed E-state index contributed by atoms with van der Waals surface area (Å²) in [5.74, 6) is -1.46. The molecule has 0 aliphatic heterocycles. The van der Waals surface area contributed by atoms with Crippen molar-refractivity contribution < 1.29 is 24.2 Å². The molecule has 0 saturated heterocycles. The number of carbonyl (C=O) groups excluding carboxylic acids is 2. The van der Waals surface area contributed by atoms with Crippen LogP contribution in [0, 0.1) is 22.7 Å².